The molecule has 0 fully saturated rings. The molecular weight excluding hydrogens is 176 g/mol. The molecular formula is C11H14N2O. The lowest BCUT2D eigenvalue weighted by Crippen LogP contribution is -2.11. The Kier molecular flexibility index (Phi) is 2.48. The normalized spacial score (nSPS) is 16.9. The second-order valence-corrected chi connectivity index (χ2v) is 3.47. The van der Waals surface area contributed by atoms with E-state index in [1.54, 1.807) is 6.20 Å². The van der Waals surface area contributed by atoms with E-state index in [9.17, 15) is 4.79 Å². The number of aryl methyl sites for hydroxylation is 1. The SMILES string of the molecule is CCn1nccc1C1=CCCCC1=O. The third-order valence-corrected chi connectivity index (χ3v) is 2.55. The van der Waals surface area contributed by atoms with E-state index in [0.29, 0.717) is 6.42 Å². The fourth-order valence-corrected chi connectivity index (χ4v) is 1.82. The number of Topliss-reactive ketones (excluding diaryl/α,β-unsaturated/α-hetero) is 1. The van der Waals surface area contributed by atoms with Crippen molar-refractivity contribution in [3.05, 3.63) is 24.0 Å². The quantitative estimate of drug-likeness (QED) is 0.715. The van der Waals surface area contributed by atoms with Gasteiger partial charge in [0.05, 0.1) is 5.69 Å². The van der Waals surface area contributed by atoms with Gasteiger partial charge in [0.15, 0.2) is 5.78 Å². The summed E-state index contributed by atoms with van der Waals surface area (Å²) in [6.07, 6.45) is 6.47. The molecule has 3 nitrogen and oxygen atoms in total. The Labute approximate surface area is 83.4 Å². The second-order valence-electron chi connectivity index (χ2n) is 3.47. The minimum Gasteiger partial charge on any atom is -0.294 e. The average molecular weight is 190 g/mol. The summed E-state index contributed by atoms with van der Waals surface area (Å²) in [5.74, 6) is 0.256. The van der Waals surface area contributed by atoms with E-state index in [1.807, 2.05) is 23.7 Å². The van der Waals surface area contributed by atoms with Gasteiger partial charge >= 0.3 is 0 Å². The van der Waals surface area contributed by atoms with Crippen molar-refractivity contribution in [1.82, 2.24) is 9.78 Å². The first-order valence-electron chi connectivity index (χ1n) is 5.08. The molecule has 3 heteroatoms. The van der Waals surface area contributed by atoms with Gasteiger partial charge in [-0.3, -0.25) is 9.48 Å². The van der Waals surface area contributed by atoms with E-state index in [2.05, 4.69) is 5.10 Å². The van der Waals surface area contributed by atoms with Gasteiger partial charge in [0.2, 0.25) is 0 Å². The van der Waals surface area contributed by atoms with E-state index in [1.165, 1.54) is 0 Å². The molecule has 0 unspecified atom stereocenters. The molecule has 0 saturated heterocycles. The molecule has 0 atom stereocenters. The maximum Gasteiger partial charge on any atom is 0.164 e. The molecule has 1 heterocycles. The number of ketones is 1. The monoisotopic (exact) mass is 190 g/mol. The molecule has 1 aromatic heterocycles. The maximum absolute atomic E-state index is 11.7. The summed E-state index contributed by atoms with van der Waals surface area (Å²) in [6.45, 7) is 2.84. The Balaban J connectivity index is 2.38. The fraction of sp³-hybridized carbons (Fsp3) is 0.455. The van der Waals surface area contributed by atoms with Crippen molar-refractivity contribution in [3.8, 4) is 0 Å². The number of nitrogens with zero attached hydrogens (tertiary/aromatic N) is 2. The standard InChI is InChI=1S/C11H14N2O/c1-2-13-10(7-8-12-13)9-5-3-4-6-11(9)14/h5,7-8H,2-4,6H2,1H3. The van der Waals surface area contributed by atoms with E-state index in [4.69, 9.17) is 0 Å². The molecule has 0 N–H and O–H groups in total. The van der Waals surface area contributed by atoms with Gasteiger partial charge in [-0.1, -0.05) is 6.08 Å². The summed E-state index contributed by atoms with van der Waals surface area (Å²) in [5.41, 5.74) is 1.83. The number of rotatable bonds is 2. The highest BCUT2D eigenvalue weighted by Crippen LogP contribution is 2.23. The summed E-state index contributed by atoms with van der Waals surface area (Å²) in [7, 11) is 0. The lowest BCUT2D eigenvalue weighted by atomic mass is 9.96. The molecule has 1 aliphatic carbocycles. The zero-order chi connectivity index (χ0) is 9.97. The number of aromatic nitrogens is 2. The lowest BCUT2D eigenvalue weighted by Gasteiger charge is -2.12. The summed E-state index contributed by atoms with van der Waals surface area (Å²) in [5, 5.41) is 4.17. The molecule has 1 aliphatic rings. The topological polar surface area (TPSA) is 34.9 Å². The number of carbonyl (C=O) groups excluding carboxylic acids is 1. The first kappa shape index (κ1) is 9.19. The van der Waals surface area contributed by atoms with Crippen LogP contribution in [0.1, 0.15) is 31.9 Å². The highest BCUT2D eigenvalue weighted by atomic mass is 16.1. The Hall–Kier alpha value is -1.38. The number of hydrogen-bond acceptors (Lipinski definition) is 2. The Morgan fingerprint density at radius 3 is 3.14 bits per heavy atom. The van der Waals surface area contributed by atoms with Gasteiger partial charge in [-0.05, 0) is 25.8 Å². The lowest BCUT2D eigenvalue weighted by molar-refractivity contribution is -0.114. The maximum atomic E-state index is 11.7. The summed E-state index contributed by atoms with van der Waals surface area (Å²) >= 11 is 0. The van der Waals surface area contributed by atoms with E-state index in [0.717, 1.165) is 30.7 Å². The van der Waals surface area contributed by atoms with Gasteiger partial charge in [-0.25, -0.2) is 0 Å². The van der Waals surface area contributed by atoms with Gasteiger partial charge < -0.3 is 0 Å². The Morgan fingerprint density at radius 1 is 1.57 bits per heavy atom. The Bertz CT molecular complexity index is 376. The highest BCUT2D eigenvalue weighted by molar-refractivity contribution is 6.20. The van der Waals surface area contributed by atoms with Crippen LogP contribution in [0.4, 0.5) is 0 Å². The predicted molar refractivity (Wildman–Crippen MR) is 54.7 cm³/mol. The largest absolute Gasteiger partial charge is 0.294 e. The van der Waals surface area contributed by atoms with Crippen LogP contribution in [0.25, 0.3) is 5.57 Å². The molecule has 0 bridgehead atoms. The summed E-state index contributed by atoms with van der Waals surface area (Å²) in [6, 6.07) is 1.92. The minimum atomic E-state index is 0.256. The molecule has 0 saturated carbocycles. The molecule has 0 amide bonds. The van der Waals surface area contributed by atoms with Crippen LogP contribution in [0.15, 0.2) is 18.3 Å². The van der Waals surface area contributed by atoms with Crippen LogP contribution < -0.4 is 0 Å². The van der Waals surface area contributed by atoms with Crippen LogP contribution in [0.2, 0.25) is 0 Å². The molecule has 0 radical (unpaired) electrons. The molecule has 0 aliphatic heterocycles. The van der Waals surface area contributed by atoms with Crippen molar-refractivity contribution in [2.75, 3.05) is 0 Å². The van der Waals surface area contributed by atoms with Crippen molar-refractivity contribution in [3.63, 3.8) is 0 Å². The van der Waals surface area contributed by atoms with Gasteiger partial charge in [0.1, 0.15) is 0 Å². The number of allylic oxidation sites excluding steroid dienone is 2. The average Bonchev–Trinajstić information content (AvgIpc) is 2.66. The van der Waals surface area contributed by atoms with Crippen LogP contribution in [0.5, 0.6) is 0 Å². The number of hydrogen-bond donors (Lipinski definition) is 0. The van der Waals surface area contributed by atoms with Gasteiger partial charge in [-0.2, -0.15) is 5.10 Å². The number of carbonyl (C=O) groups is 1. The molecule has 1 aromatic rings. The van der Waals surface area contributed by atoms with Gasteiger partial charge in [-0.15, -0.1) is 0 Å². The Morgan fingerprint density at radius 2 is 2.43 bits per heavy atom. The highest BCUT2D eigenvalue weighted by Gasteiger charge is 2.17. The van der Waals surface area contributed by atoms with Crippen LogP contribution in [0.3, 0.4) is 0 Å². The third-order valence-electron chi connectivity index (χ3n) is 2.55. The van der Waals surface area contributed by atoms with Crippen LogP contribution in [0, 0.1) is 0 Å². The minimum absolute atomic E-state index is 0.256. The second kappa shape index (κ2) is 3.78. The van der Waals surface area contributed by atoms with Gasteiger partial charge in [0.25, 0.3) is 0 Å². The van der Waals surface area contributed by atoms with Crippen LogP contribution in [-0.4, -0.2) is 15.6 Å². The van der Waals surface area contributed by atoms with E-state index < -0.39 is 0 Å². The van der Waals surface area contributed by atoms with Crippen molar-refractivity contribution in [2.24, 2.45) is 0 Å². The molecule has 0 aromatic carbocycles. The van der Waals surface area contributed by atoms with Crippen molar-refractivity contribution in [1.29, 1.82) is 0 Å². The summed E-state index contributed by atoms with van der Waals surface area (Å²) < 4.78 is 1.87. The first-order chi connectivity index (χ1) is 6.83. The van der Waals surface area contributed by atoms with Crippen molar-refractivity contribution >= 4 is 11.4 Å². The first-order valence-corrected chi connectivity index (χ1v) is 5.08. The molecule has 74 valence electrons. The van der Waals surface area contributed by atoms with Crippen molar-refractivity contribution < 1.29 is 4.79 Å². The van der Waals surface area contributed by atoms with E-state index in [-0.39, 0.29) is 5.78 Å². The molecule has 14 heavy (non-hydrogen) atoms. The predicted octanol–water partition coefficient (Wildman–Crippen LogP) is 2.04. The molecule has 2 rings (SSSR count). The van der Waals surface area contributed by atoms with Crippen molar-refractivity contribution in [2.45, 2.75) is 32.7 Å². The van der Waals surface area contributed by atoms with Crippen LogP contribution in [-0.2, 0) is 11.3 Å². The smallest absolute Gasteiger partial charge is 0.164 e. The summed E-state index contributed by atoms with van der Waals surface area (Å²) in [4.78, 5) is 11.7. The molecule has 0 spiro atoms. The third kappa shape index (κ3) is 1.50. The zero-order valence-electron chi connectivity index (χ0n) is 8.36. The van der Waals surface area contributed by atoms with Crippen LogP contribution >= 0.6 is 0 Å². The zero-order valence-corrected chi connectivity index (χ0v) is 8.36. The fourth-order valence-electron chi connectivity index (χ4n) is 1.82. The van der Waals surface area contributed by atoms with E-state index >= 15 is 0 Å². The van der Waals surface area contributed by atoms with Gasteiger partial charge in [0, 0.05) is 24.7 Å².